The van der Waals surface area contributed by atoms with Gasteiger partial charge in [0.25, 0.3) is 0 Å². The number of allylic oxidation sites excluding steroid dienone is 10. The first-order valence-corrected chi connectivity index (χ1v) is 12.6. The Morgan fingerprint density at radius 3 is 1.87 bits per heavy atom. The van der Waals surface area contributed by atoms with Gasteiger partial charge in [0.15, 0.2) is 0 Å². The molecule has 1 heteroatoms. The summed E-state index contributed by atoms with van der Waals surface area (Å²) in [5.41, 5.74) is 6.31. The van der Waals surface area contributed by atoms with Gasteiger partial charge in [-0.2, -0.15) is 0 Å². The molecule has 3 aliphatic rings. The molecule has 164 valence electrons. The smallest absolute Gasteiger partial charge is 0.0719 e. The SMILES string of the molecule is C1=C\C/C2=C(\C/C=C/CC/1)CCCCCC1=C(/C=C/CCCC\C=C\1)COCCC2. The van der Waals surface area contributed by atoms with E-state index >= 15 is 0 Å². The molecule has 1 heterocycles. The first-order valence-electron chi connectivity index (χ1n) is 12.6. The molecule has 0 radical (unpaired) electrons. The molecule has 0 saturated heterocycles. The van der Waals surface area contributed by atoms with E-state index in [4.69, 9.17) is 4.74 Å². The van der Waals surface area contributed by atoms with Gasteiger partial charge in [-0.1, -0.05) is 66.2 Å². The molecule has 0 spiro atoms. The van der Waals surface area contributed by atoms with Crippen molar-refractivity contribution in [3.8, 4) is 0 Å². The third-order valence-corrected chi connectivity index (χ3v) is 6.55. The minimum Gasteiger partial charge on any atom is -0.377 e. The summed E-state index contributed by atoms with van der Waals surface area (Å²) in [5, 5.41) is 0. The maximum Gasteiger partial charge on any atom is 0.0719 e. The van der Waals surface area contributed by atoms with Crippen LogP contribution in [0.3, 0.4) is 0 Å². The molecule has 0 aromatic carbocycles. The van der Waals surface area contributed by atoms with Gasteiger partial charge in [0, 0.05) is 6.61 Å². The van der Waals surface area contributed by atoms with Crippen molar-refractivity contribution in [1.82, 2.24) is 0 Å². The van der Waals surface area contributed by atoms with Gasteiger partial charge in [-0.3, -0.25) is 0 Å². The second-order valence-corrected chi connectivity index (χ2v) is 8.99. The molecule has 0 atom stereocenters. The zero-order chi connectivity index (χ0) is 20.7. The highest BCUT2D eigenvalue weighted by atomic mass is 16.5. The van der Waals surface area contributed by atoms with Gasteiger partial charge in [0.1, 0.15) is 0 Å². The summed E-state index contributed by atoms with van der Waals surface area (Å²) in [5.74, 6) is 0. The molecule has 0 unspecified atom stereocenters. The first-order chi connectivity index (χ1) is 14.9. The molecule has 0 bridgehead atoms. The monoisotopic (exact) mass is 406 g/mol. The van der Waals surface area contributed by atoms with E-state index in [1.807, 2.05) is 0 Å². The summed E-state index contributed by atoms with van der Waals surface area (Å²) in [6.45, 7) is 1.63. The van der Waals surface area contributed by atoms with E-state index < -0.39 is 0 Å². The molecule has 1 nitrogen and oxygen atoms in total. The number of hydrogen-bond acceptors (Lipinski definition) is 1. The minimum atomic E-state index is 0.769. The molecule has 0 aromatic heterocycles. The van der Waals surface area contributed by atoms with Gasteiger partial charge in [-0.05, 0) is 101 Å². The predicted octanol–water partition coefficient (Wildman–Crippen LogP) is 8.71. The lowest BCUT2D eigenvalue weighted by Crippen LogP contribution is -2.04. The van der Waals surface area contributed by atoms with Crippen molar-refractivity contribution in [2.45, 2.75) is 96.3 Å². The largest absolute Gasteiger partial charge is 0.377 e. The summed E-state index contributed by atoms with van der Waals surface area (Å²) in [4.78, 5) is 0. The molecule has 30 heavy (non-hydrogen) atoms. The number of hydrogen-bond donors (Lipinski definition) is 0. The highest BCUT2D eigenvalue weighted by Gasteiger charge is 2.09. The van der Waals surface area contributed by atoms with Crippen LogP contribution in [0.25, 0.3) is 0 Å². The lowest BCUT2D eigenvalue weighted by molar-refractivity contribution is 0.154. The van der Waals surface area contributed by atoms with E-state index in [1.165, 1.54) is 88.2 Å². The maximum absolute atomic E-state index is 6.20. The molecule has 0 N–H and O–H groups in total. The molecule has 1 aliphatic heterocycles. The van der Waals surface area contributed by atoms with Crippen molar-refractivity contribution in [2.24, 2.45) is 0 Å². The molecular weight excluding hydrogens is 364 g/mol. The summed E-state index contributed by atoms with van der Waals surface area (Å²) >= 11 is 0. The van der Waals surface area contributed by atoms with Crippen LogP contribution in [0.4, 0.5) is 0 Å². The maximum atomic E-state index is 6.20. The number of ether oxygens (including phenoxy) is 1. The van der Waals surface area contributed by atoms with Gasteiger partial charge < -0.3 is 4.74 Å². The zero-order valence-electron chi connectivity index (χ0n) is 19.0. The van der Waals surface area contributed by atoms with Crippen LogP contribution in [0.2, 0.25) is 0 Å². The van der Waals surface area contributed by atoms with Gasteiger partial charge >= 0.3 is 0 Å². The average Bonchev–Trinajstić information content (AvgIpc) is 2.77. The van der Waals surface area contributed by atoms with Gasteiger partial charge in [0.05, 0.1) is 6.61 Å². The quantitative estimate of drug-likeness (QED) is 0.365. The van der Waals surface area contributed by atoms with Crippen molar-refractivity contribution < 1.29 is 4.74 Å². The van der Waals surface area contributed by atoms with Crippen LogP contribution in [0.5, 0.6) is 0 Å². The van der Waals surface area contributed by atoms with Crippen molar-refractivity contribution in [1.29, 1.82) is 0 Å². The third kappa shape index (κ3) is 8.64. The standard InChI is InChI=1S/C29H42O/c1-2-6-11-18-27-23-16-24-30-25-29-22-13-8-4-3-7-12-20-28(29)21-15-9-14-19-26(27)17-10-5-1/h5-6,10-13,20,22H,1-4,7-9,14-19,21,23-25H2/b10-5+,11-6-,20-12+,22-13+,27-26-,29-28-. The summed E-state index contributed by atoms with van der Waals surface area (Å²) < 4.78 is 6.20. The van der Waals surface area contributed by atoms with Crippen LogP contribution in [0, 0.1) is 0 Å². The van der Waals surface area contributed by atoms with E-state index in [1.54, 1.807) is 11.1 Å². The third-order valence-electron chi connectivity index (χ3n) is 6.55. The Balaban J connectivity index is 1.69. The molecule has 3 rings (SSSR count). The Bertz CT molecular complexity index is 625. The normalized spacial score (nSPS) is 32.5. The van der Waals surface area contributed by atoms with Crippen LogP contribution >= 0.6 is 0 Å². The van der Waals surface area contributed by atoms with E-state index in [0.717, 1.165) is 32.5 Å². The fourth-order valence-corrected chi connectivity index (χ4v) is 4.70. The molecule has 0 aromatic rings. The highest BCUT2D eigenvalue weighted by Crippen LogP contribution is 2.27. The first kappa shape index (κ1) is 23.1. The minimum absolute atomic E-state index is 0.769. The topological polar surface area (TPSA) is 9.23 Å². The molecule has 2 aliphatic carbocycles. The Labute approximate surface area is 185 Å². The summed E-state index contributed by atoms with van der Waals surface area (Å²) in [6, 6.07) is 0. The lowest BCUT2D eigenvalue weighted by atomic mass is 9.91. The van der Waals surface area contributed by atoms with Crippen LogP contribution in [-0.4, -0.2) is 13.2 Å². The highest BCUT2D eigenvalue weighted by molar-refractivity contribution is 5.34. The van der Waals surface area contributed by atoms with Gasteiger partial charge in [0.2, 0.25) is 0 Å². The Kier molecular flexibility index (Phi) is 11.1. The lowest BCUT2D eigenvalue weighted by Gasteiger charge is -2.17. The Morgan fingerprint density at radius 2 is 1.13 bits per heavy atom. The second kappa shape index (κ2) is 14.4. The average molecular weight is 407 g/mol. The molecule has 0 saturated carbocycles. The van der Waals surface area contributed by atoms with E-state index in [2.05, 4.69) is 48.6 Å². The molecular formula is C29H42O. The van der Waals surface area contributed by atoms with Gasteiger partial charge in [-0.15, -0.1) is 0 Å². The van der Waals surface area contributed by atoms with E-state index in [9.17, 15) is 0 Å². The molecule has 0 fully saturated rings. The fourth-order valence-electron chi connectivity index (χ4n) is 4.70. The Morgan fingerprint density at radius 1 is 0.500 bits per heavy atom. The van der Waals surface area contributed by atoms with E-state index in [-0.39, 0.29) is 0 Å². The van der Waals surface area contributed by atoms with Crippen molar-refractivity contribution in [2.75, 3.05) is 13.2 Å². The van der Waals surface area contributed by atoms with Crippen LogP contribution in [0.15, 0.2) is 70.9 Å². The summed E-state index contributed by atoms with van der Waals surface area (Å²) in [7, 11) is 0. The Hall–Kier alpha value is -1.60. The zero-order valence-corrected chi connectivity index (χ0v) is 19.0. The fraction of sp³-hybridized carbons (Fsp3) is 0.586. The van der Waals surface area contributed by atoms with E-state index in [0.29, 0.717) is 0 Å². The number of rotatable bonds is 0. The van der Waals surface area contributed by atoms with Crippen molar-refractivity contribution in [3.63, 3.8) is 0 Å². The van der Waals surface area contributed by atoms with Crippen LogP contribution in [-0.2, 0) is 4.74 Å². The second-order valence-electron chi connectivity index (χ2n) is 8.99. The van der Waals surface area contributed by atoms with Gasteiger partial charge in [-0.25, -0.2) is 0 Å². The van der Waals surface area contributed by atoms with Crippen molar-refractivity contribution in [3.05, 3.63) is 70.9 Å². The van der Waals surface area contributed by atoms with Crippen LogP contribution < -0.4 is 0 Å². The van der Waals surface area contributed by atoms with Crippen molar-refractivity contribution >= 4 is 0 Å². The summed E-state index contributed by atoms with van der Waals surface area (Å²) in [6.07, 6.45) is 37.5. The predicted molar refractivity (Wildman–Crippen MR) is 131 cm³/mol. The van der Waals surface area contributed by atoms with Crippen LogP contribution in [0.1, 0.15) is 96.3 Å². The molecule has 0 amide bonds.